The Morgan fingerprint density at radius 1 is 0.949 bits per heavy atom. The maximum atomic E-state index is 13.2. The van der Waals surface area contributed by atoms with E-state index in [1.807, 2.05) is 55.6 Å². The van der Waals surface area contributed by atoms with Gasteiger partial charge in [-0.1, -0.05) is 25.4 Å². The first-order valence-corrected chi connectivity index (χ1v) is 16.4. The molecule has 0 aliphatic carbocycles. The number of ether oxygens (including phenoxy) is 1. The summed E-state index contributed by atoms with van der Waals surface area (Å²) in [6.45, 7) is 10.4. The molecule has 1 aliphatic rings. The number of halogens is 1. The largest absolute Gasteiger partial charge is 0.491 e. The van der Waals surface area contributed by atoms with E-state index in [9.17, 15) is 8.42 Å². The van der Waals surface area contributed by atoms with Gasteiger partial charge in [-0.2, -0.15) is 0 Å². The number of rotatable bonds is 8. The Morgan fingerprint density at radius 3 is 2.36 bits per heavy atom. The highest BCUT2D eigenvalue weighted by atomic mass is 35.5. The first-order chi connectivity index (χ1) is 18.4. The normalized spacial score (nSPS) is 14.4. The monoisotopic (exact) mass is 582 g/mol. The molecule has 5 nitrogen and oxygen atoms in total. The van der Waals surface area contributed by atoms with Crippen LogP contribution >= 0.6 is 22.9 Å². The molecule has 4 aromatic rings. The summed E-state index contributed by atoms with van der Waals surface area (Å²) in [5.74, 6) is 0.835. The van der Waals surface area contributed by atoms with Crippen LogP contribution in [0.2, 0.25) is 5.02 Å². The van der Waals surface area contributed by atoms with Gasteiger partial charge in [-0.15, -0.1) is 11.3 Å². The number of anilines is 3. The van der Waals surface area contributed by atoms with Crippen molar-refractivity contribution in [1.82, 2.24) is 0 Å². The molecule has 1 saturated heterocycles. The van der Waals surface area contributed by atoms with Crippen molar-refractivity contribution in [3.05, 3.63) is 82.2 Å². The summed E-state index contributed by atoms with van der Waals surface area (Å²) in [5.41, 5.74) is 3.77. The lowest BCUT2D eigenvalue weighted by Crippen LogP contribution is -2.26. The molecule has 39 heavy (non-hydrogen) atoms. The summed E-state index contributed by atoms with van der Waals surface area (Å²) < 4.78 is 35.0. The van der Waals surface area contributed by atoms with Gasteiger partial charge in [0.1, 0.15) is 5.75 Å². The van der Waals surface area contributed by atoms with Gasteiger partial charge < -0.3 is 9.64 Å². The van der Waals surface area contributed by atoms with E-state index in [0.29, 0.717) is 16.4 Å². The van der Waals surface area contributed by atoms with Crippen LogP contribution in [0.4, 0.5) is 17.1 Å². The van der Waals surface area contributed by atoms with Crippen LogP contribution in [-0.4, -0.2) is 33.9 Å². The van der Waals surface area contributed by atoms with Gasteiger partial charge in [-0.05, 0) is 103 Å². The van der Waals surface area contributed by atoms with Crippen LogP contribution in [0.1, 0.15) is 51.7 Å². The molecule has 1 aromatic heterocycles. The van der Waals surface area contributed by atoms with Crippen molar-refractivity contribution in [3.63, 3.8) is 0 Å². The van der Waals surface area contributed by atoms with Gasteiger partial charge in [0.15, 0.2) is 0 Å². The van der Waals surface area contributed by atoms with Crippen LogP contribution in [0.3, 0.4) is 0 Å². The molecule has 8 heteroatoms. The highest BCUT2D eigenvalue weighted by Gasteiger charge is 2.29. The van der Waals surface area contributed by atoms with Crippen molar-refractivity contribution in [1.29, 1.82) is 0 Å². The zero-order valence-electron chi connectivity index (χ0n) is 23.1. The molecule has 0 amide bonds. The predicted octanol–water partition coefficient (Wildman–Crippen LogP) is 8.37. The second-order valence-electron chi connectivity index (χ2n) is 11.1. The minimum absolute atomic E-state index is 0.0523. The molecule has 0 unspecified atom stereocenters. The first kappa shape index (κ1) is 27.8. The van der Waals surface area contributed by atoms with Crippen molar-refractivity contribution in [3.8, 4) is 5.75 Å². The Bertz CT molecular complexity index is 1610. The highest BCUT2D eigenvalue weighted by molar-refractivity contribution is 7.92. The summed E-state index contributed by atoms with van der Waals surface area (Å²) in [6, 6.07) is 19.8. The van der Waals surface area contributed by atoms with Crippen LogP contribution < -0.4 is 13.9 Å². The maximum absolute atomic E-state index is 13.2. The Labute approximate surface area is 241 Å². The minimum Gasteiger partial charge on any atom is -0.491 e. The van der Waals surface area contributed by atoms with E-state index >= 15 is 0 Å². The van der Waals surface area contributed by atoms with Crippen molar-refractivity contribution in [2.75, 3.05) is 28.6 Å². The number of hydrogen-bond donors (Lipinski definition) is 0. The average Bonchev–Trinajstić information content (AvgIpc) is 3.54. The molecule has 0 spiro atoms. The molecular formula is C31H35ClN2O3S2. The minimum atomic E-state index is -3.65. The van der Waals surface area contributed by atoms with Crippen LogP contribution in [0.5, 0.6) is 5.75 Å². The zero-order valence-corrected chi connectivity index (χ0v) is 25.5. The molecule has 0 radical (unpaired) electrons. The lowest BCUT2D eigenvalue weighted by atomic mass is 9.77. The Kier molecular flexibility index (Phi) is 7.61. The molecule has 1 fully saturated rings. The number of sulfonamides is 1. The lowest BCUT2D eigenvalue weighted by Gasteiger charge is -2.31. The second-order valence-corrected chi connectivity index (χ2v) is 14.3. The van der Waals surface area contributed by atoms with E-state index in [1.54, 1.807) is 17.4 Å². The zero-order chi connectivity index (χ0) is 27.9. The SMILES string of the molecule is CC(C)Oc1cc(N2CCCC2)cc(C(C)(C)c2cc(Cl)cc(N(c3ccc4sccc4c3)S(C)(=O)=O)c2)c1. The van der Waals surface area contributed by atoms with Gasteiger partial charge in [-0.3, -0.25) is 0 Å². The Balaban J connectivity index is 1.62. The van der Waals surface area contributed by atoms with Crippen molar-refractivity contribution in [2.45, 2.75) is 52.1 Å². The van der Waals surface area contributed by atoms with Gasteiger partial charge >= 0.3 is 0 Å². The summed E-state index contributed by atoms with van der Waals surface area (Å²) >= 11 is 8.31. The van der Waals surface area contributed by atoms with E-state index in [-0.39, 0.29) is 6.10 Å². The molecule has 0 saturated carbocycles. The van der Waals surface area contributed by atoms with Crippen molar-refractivity contribution in [2.24, 2.45) is 0 Å². The Morgan fingerprint density at radius 2 is 1.67 bits per heavy atom. The van der Waals surface area contributed by atoms with Crippen LogP contribution in [0, 0.1) is 0 Å². The Hall–Kier alpha value is -2.74. The van der Waals surface area contributed by atoms with Crippen molar-refractivity contribution >= 4 is 60.1 Å². The quantitative estimate of drug-likeness (QED) is 0.209. The number of nitrogens with zero attached hydrogens (tertiary/aromatic N) is 2. The molecule has 0 N–H and O–H groups in total. The second kappa shape index (κ2) is 10.7. The summed E-state index contributed by atoms with van der Waals surface area (Å²) in [6.07, 6.45) is 3.65. The molecule has 3 aromatic carbocycles. The molecule has 5 rings (SSSR count). The fourth-order valence-electron chi connectivity index (χ4n) is 5.27. The topological polar surface area (TPSA) is 49.9 Å². The number of thiophene rings is 1. The molecule has 2 heterocycles. The fourth-order valence-corrected chi connectivity index (χ4v) is 7.26. The third-order valence-electron chi connectivity index (χ3n) is 7.30. The molecule has 0 bridgehead atoms. The van der Waals surface area contributed by atoms with E-state index in [1.165, 1.54) is 23.4 Å². The standard InChI is InChI=1S/C31H35ClN2O3S2/c1-21(2)37-29-18-24(16-27(20-29)33-11-6-7-12-33)31(3,4)23-15-25(32)19-28(17-23)34(39(5,35)36)26-8-9-30-22(14-26)10-13-38-30/h8-10,13-21H,6-7,11-12H2,1-5H3. The third kappa shape index (κ3) is 5.91. The van der Waals surface area contributed by atoms with Crippen LogP contribution in [-0.2, 0) is 15.4 Å². The first-order valence-electron chi connectivity index (χ1n) is 13.3. The molecular weight excluding hydrogens is 548 g/mol. The maximum Gasteiger partial charge on any atom is 0.236 e. The van der Waals surface area contributed by atoms with Gasteiger partial charge in [0.2, 0.25) is 10.0 Å². The number of hydrogen-bond acceptors (Lipinski definition) is 5. The number of benzene rings is 3. The summed E-state index contributed by atoms with van der Waals surface area (Å²) in [4.78, 5) is 2.40. The van der Waals surface area contributed by atoms with E-state index in [4.69, 9.17) is 16.3 Å². The van der Waals surface area contributed by atoms with Gasteiger partial charge in [0.25, 0.3) is 0 Å². The average molecular weight is 583 g/mol. The summed E-state index contributed by atoms with van der Waals surface area (Å²) in [7, 11) is -3.65. The molecule has 206 valence electrons. The predicted molar refractivity (Wildman–Crippen MR) is 166 cm³/mol. The van der Waals surface area contributed by atoms with Crippen LogP contribution in [0.25, 0.3) is 10.1 Å². The lowest BCUT2D eigenvalue weighted by molar-refractivity contribution is 0.242. The van der Waals surface area contributed by atoms with Crippen LogP contribution in [0.15, 0.2) is 66.0 Å². The number of fused-ring (bicyclic) bond motifs is 1. The molecule has 0 atom stereocenters. The fraction of sp³-hybridized carbons (Fsp3) is 0.355. The van der Waals surface area contributed by atoms with E-state index in [0.717, 1.165) is 45.7 Å². The smallest absolute Gasteiger partial charge is 0.236 e. The van der Waals surface area contributed by atoms with Gasteiger partial charge in [-0.25, -0.2) is 12.7 Å². The van der Waals surface area contributed by atoms with Crippen molar-refractivity contribution < 1.29 is 13.2 Å². The van der Waals surface area contributed by atoms with Gasteiger partial charge in [0, 0.05) is 40.0 Å². The summed E-state index contributed by atoms with van der Waals surface area (Å²) in [5, 5.41) is 3.49. The third-order valence-corrected chi connectivity index (χ3v) is 9.50. The molecule has 1 aliphatic heterocycles. The van der Waals surface area contributed by atoms with E-state index < -0.39 is 15.4 Å². The highest BCUT2D eigenvalue weighted by Crippen LogP contribution is 2.41. The van der Waals surface area contributed by atoms with Gasteiger partial charge in [0.05, 0.1) is 23.7 Å². The van der Waals surface area contributed by atoms with E-state index in [2.05, 4.69) is 36.9 Å².